The number of rotatable bonds is 3. The standard InChI is InChI=1S/C12H12O4/c13-7-10(12-2-1-5-16-12)9-4-3-8(14)6-11(9)15/h1-6,10,13-15H,7H2/t10-/m0/s1. The second-order valence-corrected chi connectivity index (χ2v) is 3.49. The molecule has 3 N–H and O–H groups in total. The summed E-state index contributed by atoms with van der Waals surface area (Å²) in [5, 5.41) is 28.2. The molecule has 0 fully saturated rings. The van der Waals surface area contributed by atoms with E-state index in [-0.39, 0.29) is 18.1 Å². The Kier molecular flexibility index (Phi) is 2.83. The summed E-state index contributed by atoms with van der Waals surface area (Å²) in [4.78, 5) is 0. The smallest absolute Gasteiger partial charge is 0.123 e. The molecule has 16 heavy (non-hydrogen) atoms. The van der Waals surface area contributed by atoms with Gasteiger partial charge >= 0.3 is 0 Å². The maximum atomic E-state index is 9.68. The molecule has 1 aromatic heterocycles. The van der Waals surface area contributed by atoms with Crippen LogP contribution in [0.1, 0.15) is 17.2 Å². The minimum absolute atomic E-state index is 0.0163. The SMILES string of the molecule is OC[C@H](c1ccco1)c1ccc(O)cc1O. The molecule has 4 heteroatoms. The summed E-state index contributed by atoms with van der Waals surface area (Å²) in [5.74, 6) is 0.0759. The molecule has 0 amide bonds. The van der Waals surface area contributed by atoms with Crippen LogP contribution in [0.5, 0.6) is 11.5 Å². The fourth-order valence-corrected chi connectivity index (χ4v) is 1.66. The predicted octanol–water partition coefficient (Wildman–Crippen LogP) is 1.81. The Balaban J connectivity index is 2.41. The lowest BCUT2D eigenvalue weighted by Crippen LogP contribution is -2.05. The first-order valence-electron chi connectivity index (χ1n) is 4.88. The Labute approximate surface area is 92.4 Å². The summed E-state index contributed by atoms with van der Waals surface area (Å²) < 4.78 is 5.19. The molecular weight excluding hydrogens is 208 g/mol. The van der Waals surface area contributed by atoms with Crippen molar-refractivity contribution in [2.45, 2.75) is 5.92 Å². The van der Waals surface area contributed by atoms with E-state index in [2.05, 4.69) is 0 Å². The predicted molar refractivity (Wildman–Crippen MR) is 57.4 cm³/mol. The number of phenolic OH excluding ortho intramolecular Hbond substituents is 2. The highest BCUT2D eigenvalue weighted by molar-refractivity contribution is 5.43. The van der Waals surface area contributed by atoms with Gasteiger partial charge in [-0.1, -0.05) is 6.07 Å². The van der Waals surface area contributed by atoms with E-state index in [0.717, 1.165) is 0 Å². The molecule has 0 saturated heterocycles. The van der Waals surface area contributed by atoms with Gasteiger partial charge in [-0.25, -0.2) is 0 Å². The number of aliphatic hydroxyl groups excluding tert-OH is 1. The minimum Gasteiger partial charge on any atom is -0.508 e. The van der Waals surface area contributed by atoms with Gasteiger partial charge in [0.1, 0.15) is 17.3 Å². The third-order valence-corrected chi connectivity index (χ3v) is 2.46. The Morgan fingerprint density at radius 1 is 1.19 bits per heavy atom. The second kappa shape index (κ2) is 4.28. The van der Waals surface area contributed by atoms with E-state index in [9.17, 15) is 15.3 Å². The average Bonchev–Trinajstić information content (AvgIpc) is 2.75. The summed E-state index contributed by atoms with van der Waals surface area (Å²) in [5.41, 5.74) is 0.523. The van der Waals surface area contributed by atoms with Gasteiger partial charge in [0.15, 0.2) is 0 Å². The van der Waals surface area contributed by atoms with Crippen LogP contribution >= 0.6 is 0 Å². The zero-order valence-electron chi connectivity index (χ0n) is 8.50. The first kappa shape index (κ1) is 10.6. The highest BCUT2D eigenvalue weighted by Gasteiger charge is 2.19. The molecule has 0 bridgehead atoms. The molecular formula is C12H12O4. The van der Waals surface area contributed by atoms with Crippen LogP contribution in [0.25, 0.3) is 0 Å². The summed E-state index contributed by atoms with van der Waals surface area (Å²) >= 11 is 0. The first-order chi connectivity index (χ1) is 7.72. The van der Waals surface area contributed by atoms with E-state index in [1.165, 1.54) is 18.4 Å². The van der Waals surface area contributed by atoms with Crippen molar-refractivity contribution in [2.75, 3.05) is 6.61 Å². The van der Waals surface area contributed by atoms with E-state index in [0.29, 0.717) is 11.3 Å². The van der Waals surface area contributed by atoms with Gasteiger partial charge < -0.3 is 19.7 Å². The minimum atomic E-state index is -0.421. The van der Waals surface area contributed by atoms with Crippen molar-refractivity contribution < 1.29 is 19.7 Å². The molecule has 2 rings (SSSR count). The second-order valence-electron chi connectivity index (χ2n) is 3.49. The van der Waals surface area contributed by atoms with Gasteiger partial charge in [-0.3, -0.25) is 0 Å². The fourth-order valence-electron chi connectivity index (χ4n) is 1.66. The maximum Gasteiger partial charge on any atom is 0.123 e. The summed E-state index contributed by atoms with van der Waals surface area (Å²) in [6, 6.07) is 7.71. The van der Waals surface area contributed by atoms with Crippen LogP contribution in [0, 0.1) is 0 Å². The highest BCUT2D eigenvalue weighted by Crippen LogP contribution is 2.33. The Morgan fingerprint density at radius 2 is 2.00 bits per heavy atom. The van der Waals surface area contributed by atoms with Crippen molar-refractivity contribution in [3.05, 3.63) is 47.9 Å². The maximum absolute atomic E-state index is 9.68. The van der Waals surface area contributed by atoms with Crippen molar-refractivity contribution in [1.29, 1.82) is 0 Å². The molecule has 4 nitrogen and oxygen atoms in total. The molecule has 2 aromatic rings. The molecule has 0 saturated carbocycles. The summed E-state index contributed by atoms with van der Waals surface area (Å²) in [7, 11) is 0. The highest BCUT2D eigenvalue weighted by atomic mass is 16.3. The number of benzene rings is 1. The first-order valence-corrected chi connectivity index (χ1v) is 4.88. The zero-order chi connectivity index (χ0) is 11.5. The van der Waals surface area contributed by atoms with E-state index >= 15 is 0 Å². The Hall–Kier alpha value is -1.94. The molecule has 0 radical (unpaired) electrons. The number of hydrogen-bond donors (Lipinski definition) is 3. The van der Waals surface area contributed by atoms with Crippen LogP contribution in [-0.2, 0) is 0 Å². The molecule has 0 spiro atoms. The van der Waals surface area contributed by atoms with Crippen LogP contribution in [-0.4, -0.2) is 21.9 Å². The quantitative estimate of drug-likeness (QED) is 0.737. The van der Waals surface area contributed by atoms with Gasteiger partial charge in [-0.2, -0.15) is 0 Å². The van der Waals surface area contributed by atoms with Gasteiger partial charge in [0.25, 0.3) is 0 Å². The normalized spacial score (nSPS) is 12.6. The Morgan fingerprint density at radius 3 is 2.56 bits per heavy atom. The number of furan rings is 1. The molecule has 0 aliphatic carbocycles. The van der Waals surface area contributed by atoms with Crippen LogP contribution < -0.4 is 0 Å². The third kappa shape index (κ3) is 1.87. The topological polar surface area (TPSA) is 73.8 Å². The van der Waals surface area contributed by atoms with Gasteiger partial charge in [0, 0.05) is 11.6 Å². The lowest BCUT2D eigenvalue weighted by atomic mass is 9.96. The van der Waals surface area contributed by atoms with E-state index in [1.54, 1.807) is 18.2 Å². The van der Waals surface area contributed by atoms with E-state index in [4.69, 9.17) is 4.42 Å². The van der Waals surface area contributed by atoms with Crippen LogP contribution in [0.2, 0.25) is 0 Å². The largest absolute Gasteiger partial charge is 0.508 e. The zero-order valence-corrected chi connectivity index (χ0v) is 8.50. The van der Waals surface area contributed by atoms with Crippen molar-refractivity contribution in [3.8, 4) is 11.5 Å². The van der Waals surface area contributed by atoms with Crippen molar-refractivity contribution in [3.63, 3.8) is 0 Å². The number of aliphatic hydroxyl groups is 1. The molecule has 0 unspecified atom stereocenters. The van der Waals surface area contributed by atoms with Gasteiger partial charge in [-0.05, 0) is 18.2 Å². The number of aromatic hydroxyl groups is 2. The molecule has 1 aromatic carbocycles. The van der Waals surface area contributed by atoms with Crippen molar-refractivity contribution in [1.82, 2.24) is 0 Å². The summed E-state index contributed by atoms with van der Waals surface area (Å²) in [6.07, 6.45) is 1.51. The van der Waals surface area contributed by atoms with Gasteiger partial charge in [-0.15, -0.1) is 0 Å². The third-order valence-electron chi connectivity index (χ3n) is 2.46. The molecule has 0 aliphatic heterocycles. The van der Waals surface area contributed by atoms with Crippen LogP contribution in [0.4, 0.5) is 0 Å². The fraction of sp³-hybridized carbons (Fsp3) is 0.167. The summed E-state index contributed by atoms with van der Waals surface area (Å²) in [6.45, 7) is -0.175. The lowest BCUT2D eigenvalue weighted by Gasteiger charge is -2.13. The van der Waals surface area contributed by atoms with E-state index < -0.39 is 5.92 Å². The number of phenols is 2. The molecule has 1 atom stereocenters. The van der Waals surface area contributed by atoms with Crippen LogP contribution in [0.15, 0.2) is 41.0 Å². The lowest BCUT2D eigenvalue weighted by molar-refractivity contribution is 0.263. The van der Waals surface area contributed by atoms with Gasteiger partial charge in [0.05, 0.1) is 18.8 Å². The molecule has 84 valence electrons. The Bertz CT molecular complexity index is 462. The average molecular weight is 220 g/mol. The van der Waals surface area contributed by atoms with Crippen molar-refractivity contribution in [2.24, 2.45) is 0 Å². The monoisotopic (exact) mass is 220 g/mol. The van der Waals surface area contributed by atoms with Gasteiger partial charge in [0.2, 0.25) is 0 Å². The van der Waals surface area contributed by atoms with Crippen molar-refractivity contribution >= 4 is 0 Å². The van der Waals surface area contributed by atoms with Crippen LogP contribution in [0.3, 0.4) is 0 Å². The molecule has 0 aliphatic rings. The molecule has 1 heterocycles. The number of hydrogen-bond acceptors (Lipinski definition) is 4. The van der Waals surface area contributed by atoms with E-state index in [1.807, 2.05) is 0 Å².